The van der Waals surface area contributed by atoms with Gasteiger partial charge in [0.15, 0.2) is 0 Å². The summed E-state index contributed by atoms with van der Waals surface area (Å²) in [4.78, 5) is 0. The predicted octanol–water partition coefficient (Wildman–Crippen LogP) is 7.41. The Morgan fingerprint density at radius 3 is 2.21 bits per heavy atom. The van der Waals surface area contributed by atoms with Gasteiger partial charge in [0.2, 0.25) is 0 Å². The first kappa shape index (κ1) is 20.7. The van der Waals surface area contributed by atoms with E-state index in [9.17, 15) is 8.78 Å². The molecule has 0 aromatic heterocycles. The van der Waals surface area contributed by atoms with Crippen molar-refractivity contribution >= 4 is 0 Å². The maximum absolute atomic E-state index is 14.3. The Balaban J connectivity index is 1.69. The van der Waals surface area contributed by atoms with E-state index in [2.05, 4.69) is 25.6 Å². The summed E-state index contributed by atoms with van der Waals surface area (Å²) in [5.41, 5.74) is 2.70. The van der Waals surface area contributed by atoms with E-state index in [0.29, 0.717) is 11.5 Å². The third kappa shape index (κ3) is 5.08. The molecule has 2 aromatic rings. The van der Waals surface area contributed by atoms with Crippen LogP contribution in [0.5, 0.6) is 0 Å². The monoisotopic (exact) mass is 384 g/mol. The third-order valence-electron chi connectivity index (χ3n) is 5.88. The lowest BCUT2D eigenvalue weighted by atomic mass is 9.77. The molecule has 0 radical (unpaired) electrons. The number of hydrogen-bond donors (Lipinski definition) is 0. The highest BCUT2D eigenvalue weighted by molar-refractivity contribution is 5.64. The Hall–Kier alpha value is -2.00. The molecule has 0 unspecified atom stereocenters. The highest BCUT2D eigenvalue weighted by Crippen LogP contribution is 2.38. The summed E-state index contributed by atoms with van der Waals surface area (Å²) in [6.07, 6.45) is 9.28. The van der Waals surface area contributed by atoms with Crippen LogP contribution >= 0.6 is 0 Å². The molecule has 1 aliphatic carbocycles. The van der Waals surface area contributed by atoms with Crippen LogP contribution in [-0.2, 0) is 11.3 Å². The lowest BCUT2D eigenvalue weighted by Crippen LogP contribution is -2.13. The first-order chi connectivity index (χ1) is 13.6. The van der Waals surface area contributed by atoms with Crippen molar-refractivity contribution in [1.82, 2.24) is 0 Å². The van der Waals surface area contributed by atoms with E-state index < -0.39 is 11.6 Å². The van der Waals surface area contributed by atoms with Gasteiger partial charge < -0.3 is 4.74 Å². The zero-order valence-corrected chi connectivity index (χ0v) is 16.7. The summed E-state index contributed by atoms with van der Waals surface area (Å²) < 4.78 is 33.9. The van der Waals surface area contributed by atoms with Crippen LogP contribution < -0.4 is 0 Å². The second-order valence-electron chi connectivity index (χ2n) is 7.85. The van der Waals surface area contributed by atoms with Gasteiger partial charge in [-0.3, -0.25) is 0 Å². The molecule has 3 rings (SSSR count). The van der Waals surface area contributed by atoms with Gasteiger partial charge in [-0.1, -0.05) is 50.1 Å². The van der Waals surface area contributed by atoms with Crippen molar-refractivity contribution in [2.45, 2.75) is 58.0 Å². The lowest BCUT2D eigenvalue weighted by molar-refractivity contribution is 0.143. The summed E-state index contributed by atoms with van der Waals surface area (Å²) >= 11 is 0. The molecular weight excluding hydrogens is 354 g/mol. The third-order valence-corrected chi connectivity index (χ3v) is 5.88. The smallest absolute Gasteiger partial charge is 0.132 e. The molecule has 0 heterocycles. The molecular formula is C25H30F2O. The first-order valence-corrected chi connectivity index (χ1v) is 10.4. The SMILES string of the molecule is C=CCOCc1c(F)cc(-c2ccc([C@H]3CC[C@H](CCC)CC3)cc2)cc1F. The molecule has 1 aliphatic rings. The van der Waals surface area contributed by atoms with Crippen LogP contribution in [0.25, 0.3) is 11.1 Å². The molecule has 0 N–H and O–H groups in total. The molecule has 1 nitrogen and oxygen atoms in total. The summed E-state index contributed by atoms with van der Waals surface area (Å²) in [5.74, 6) is 0.357. The van der Waals surface area contributed by atoms with Crippen molar-refractivity contribution in [3.05, 3.63) is 71.8 Å². The molecule has 0 spiro atoms. The average Bonchev–Trinajstić information content (AvgIpc) is 2.71. The Kier molecular flexibility index (Phi) is 7.38. The molecule has 0 atom stereocenters. The minimum absolute atomic E-state index is 0.0361. The van der Waals surface area contributed by atoms with Crippen molar-refractivity contribution in [3.63, 3.8) is 0 Å². The van der Waals surface area contributed by atoms with Gasteiger partial charge in [0.05, 0.1) is 13.2 Å². The van der Waals surface area contributed by atoms with Crippen LogP contribution in [-0.4, -0.2) is 6.61 Å². The predicted molar refractivity (Wildman–Crippen MR) is 111 cm³/mol. The van der Waals surface area contributed by atoms with Crippen molar-refractivity contribution in [3.8, 4) is 11.1 Å². The van der Waals surface area contributed by atoms with Crippen LogP contribution in [0.15, 0.2) is 49.1 Å². The van der Waals surface area contributed by atoms with Crippen molar-refractivity contribution in [1.29, 1.82) is 0 Å². The fourth-order valence-corrected chi connectivity index (χ4v) is 4.29. The summed E-state index contributed by atoms with van der Waals surface area (Å²) in [6.45, 7) is 5.96. The minimum atomic E-state index is -0.572. The van der Waals surface area contributed by atoms with Gasteiger partial charge in [-0.2, -0.15) is 0 Å². The number of rotatable bonds is 8. The zero-order valence-electron chi connectivity index (χ0n) is 16.7. The normalized spacial score (nSPS) is 19.5. The molecule has 0 saturated heterocycles. The molecule has 3 heteroatoms. The van der Waals surface area contributed by atoms with E-state index in [1.54, 1.807) is 6.08 Å². The van der Waals surface area contributed by atoms with E-state index in [-0.39, 0.29) is 18.8 Å². The van der Waals surface area contributed by atoms with Gasteiger partial charge in [0.1, 0.15) is 11.6 Å². The first-order valence-electron chi connectivity index (χ1n) is 10.4. The van der Waals surface area contributed by atoms with Crippen molar-refractivity contribution < 1.29 is 13.5 Å². The van der Waals surface area contributed by atoms with Crippen LogP contribution in [0.2, 0.25) is 0 Å². The quantitative estimate of drug-likeness (QED) is 0.340. The number of halogens is 2. The van der Waals surface area contributed by atoms with E-state index in [0.717, 1.165) is 11.5 Å². The molecule has 0 bridgehead atoms. The molecule has 1 fully saturated rings. The standard InChI is InChI=1S/C25H30F2O/c1-3-5-18-6-8-19(9-7-18)20-10-12-21(13-11-20)22-15-24(26)23(25(27)16-22)17-28-14-4-2/h4,10-13,15-16,18-19H,2-3,5-9,14,17H2,1H3/t18-,19-. The Labute approximate surface area is 167 Å². The maximum Gasteiger partial charge on any atom is 0.132 e. The number of ether oxygens (including phenoxy) is 1. The van der Waals surface area contributed by atoms with E-state index in [1.807, 2.05) is 12.1 Å². The van der Waals surface area contributed by atoms with Gasteiger partial charge in [0, 0.05) is 5.56 Å². The van der Waals surface area contributed by atoms with Gasteiger partial charge in [-0.25, -0.2) is 8.78 Å². The molecule has 1 saturated carbocycles. The Morgan fingerprint density at radius 2 is 1.64 bits per heavy atom. The topological polar surface area (TPSA) is 9.23 Å². The van der Waals surface area contributed by atoms with E-state index in [1.165, 1.54) is 56.2 Å². The summed E-state index contributed by atoms with van der Waals surface area (Å²) in [6, 6.07) is 11.0. The molecule has 150 valence electrons. The fraction of sp³-hybridized carbons (Fsp3) is 0.440. The van der Waals surface area contributed by atoms with Gasteiger partial charge in [-0.05, 0) is 66.3 Å². The molecule has 0 aliphatic heterocycles. The summed E-state index contributed by atoms with van der Waals surface area (Å²) in [5, 5.41) is 0. The highest BCUT2D eigenvalue weighted by atomic mass is 19.1. The van der Waals surface area contributed by atoms with Crippen LogP contribution in [0.1, 0.15) is 62.5 Å². The summed E-state index contributed by atoms with van der Waals surface area (Å²) in [7, 11) is 0. The van der Waals surface area contributed by atoms with Gasteiger partial charge >= 0.3 is 0 Å². The molecule has 2 aromatic carbocycles. The van der Waals surface area contributed by atoms with Crippen molar-refractivity contribution in [2.75, 3.05) is 6.61 Å². The molecule has 0 amide bonds. The van der Waals surface area contributed by atoms with Gasteiger partial charge in [-0.15, -0.1) is 6.58 Å². The average molecular weight is 385 g/mol. The highest BCUT2D eigenvalue weighted by Gasteiger charge is 2.22. The lowest BCUT2D eigenvalue weighted by Gasteiger charge is -2.28. The van der Waals surface area contributed by atoms with Crippen LogP contribution in [0.3, 0.4) is 0 Å². The molecule has 28 heavy (non-hydrogen) atoms. The minimum Gasteiger partial charge on any atom is -0.373 e. The maximum atomic E-state index is 14.3. The number of hydrogen-bond acceptors (Lipinski definition) is 1. The zero-order chi connectivity index (χ0) is 19.9. The van der Waals surface area contributed by atoms with Gasteiger partial charge in [0.25, 0.3) is 0 Å². The van der Waals surface area contributed by atoms with Crippen molar-refractivity contribution in [2.24, 2.45) is 5.92 Å². The Morgan fingerprint density at radius 1 is 1.00 bits per heavy atom. The van der Waals surface area contributed by atoms with Crippen LogP contribution in [0.4, 0.5) is 8.78 Å². The van der Waals surface area contributed by atoms with E-state index in [4.69, 9.17) is 4.74 Å². The number of benzene rings is 2. The van der Waals surface area contributed by atoms with E-state index >= 15 is 0 Å². The Bertz CT molecular complexity index is 751. The van der Waals surface area contributed by atoms with Crippen LogP contribution in [0, 0.1) is 17.6 Å². The second kappa shape index (κ2) is 9.97. The second-order valence-corrected chi connectivity index (χ2v) is 7.85. The largest absolute Gasteiger partial charge is 0.373 e. The fourth-order valence-electron chi connectivity index (χ4n) is 4.29.